The van der Waals surface area contributed by atoms with E-state index in [1.54, 1.807) is 14.2 Å². The van der Waals surface area contributed by atoms with Crippen LogP contribution >= 0.6 is 0 Å². The summed E-state index contributed by atoms with van der Waals surface area (Å²) in [4.78, 5) is 4.36. The van der Waals surface area contributed by atoms with Crippen molar-refractivity contribution in [2.24, 2.45) is 10.7 Å². The van der Waals surface area contributed by atoms with Crippen LogP contribution in [0.3, 0.4) is 0 Å². The fourth-order valence-corrected chi connectivity index (χ4v) is 3.10. The van der Waals surface area contributed by atoms with Gasteiger partial charge in [0, 0.05) is 18.0 Å². The number of hydrogen-bond acceptors (Lipinski definition) is 4. The van der Waals surface area contributed by atoms with Gasteiger partial charge in [-0.15, -0.1) is 0 Å². The van der Waals surface area contributed by atoms with Crippen LogP contribution < -0.4 is 20.5 Å². The average molecular weight is 343 g/mol. The lowest BCUT2D eigenvalue weighted by atomic mass is 10.3. The number of aromatic nitrogens is 2. The third kappa shape index (κ3) is 4.23. The number of methoxy groups -OCH3 is 2. The van der Waals surface area contributed by atoms with E-state index in [0.717, 1.165) is 11.4 Å². The molecular weight excluding hydrogens is 318 g/mol. The van der Waals surface area contributed by atoms with Crippen molar-refractivity contribution in [3.63, 3.8) is 0 Å². The van der Waals surface area contributed by atoms with Crippen molar-refractivity contribution >= 4 is 11.6 Å². The highest BCUT2D eigenvalue weighted by Crippen LogP contribution is 2.30. The van der Waals surface area contributed by atoms with Gasteiger partial charge < -0.3 is 20.5 Å². The predicted octanol–water partition coefficient (Wildman–Crippen LogP) is 2.94. The van der Waals surface area contributed by atoms with Crippen molar-refractivity contribution in [3.8, 4) is 11.5 Å². The van der Waals surface area contributed by atoms with Gasteiger partial charge in [0.15, 0.2) is 17.5 Å². The minimum absolute atomic E-state index is 0.336. The number of benzene rings is 1. The maximum atomic E-state index is 5.98. The molecule has 0 atom stereocenters. The topological polar surface area (TPSA) is 86.7 Å². The van der Waals surface area contributed by atoms with Gasteiger partial charge in [0.05, 0.1) is 32.5 Å². The average Bonchev–Trinajstić information content (AvgIpc) is 3.31. The zero-order valence-electron chi connectivity index (χ0n) is 14.7. The van der Waals surface area contributed by atoms with E-state index < -0.39 is 0 Å². The summed E-state index contributed by atoms with van der Waals surface area (Å²) >= 11 is 0. The van der Waals surface area contributed by atoms with E-state index in [4.69, 9.17) is 15.2 Å². The SMILES string of the molecule is COc1ccc(NC(N)=NCc2ccn(C3CCCC3)n2)cc1OC. The lowest BCUT2D eigenvalue weighted by Gasteiger charge is -2.11. The summed E-state index contributed by atoms with van der Waals surface area (Å²) in [6, 6.07) is 8.04. The third-order valence-electron chi connectivity index (χ3n) is 4.43. The molecule has 0 amide bonds. The van der Waals surface area contributed by atoms with Crippen molar-refractivity contribution in [1.82, 2.24) is 9.78 Å². The Kier molecular flexibility index (Phi) is 5.42. The highest BCUT2D eigenvalue weighted by atomic mass is 16.5. The first-order chi connectivity index (χ1) is 12.2. The van der Waals surface area contributed by atoms with Crippen LogP contribution in [-0.2, 0) is 6.54 Å². The molecular formula is C18H25N5O2. The van der Waals surface area contributed by atoms with E-state index in [0.29, 0.717) is 30.0 Å². The monoisotopic (exact) mass is 343 g/mol. The summed E-state index contributed by atoms with van der Waals surface area (Å²) in [6.45, 7) is 0.450. The summed E-state index contributed by atoms with van der Waals surface area (Å²) in [5, 5.41) is 7.67. The zero-order valence-corrected chi connectivity index (χ0v) is 14.7. The number of guanidine groups is 1. The summed E-state index contributed by atoms with van der Waals surface area (Å²) in [5.41, 5.74) is 7.68. The summed E-state index contributed by atoms with van der Waals surface area (Å²) < 4.78 is 12.6. The smallest absolute Gasteiger partial charge is 0.193 e. The molecule has 0 saturated heterocycles. The molecule has 0 aliphatic heterocycles. The summed E-state index contributed by atoms with van der Waals surface area (Å²) in [7, 11) is 3.20. The van der Waals surface area contributed by atoms with Crippen molar-refractivity contribution < 1.29 is 9.47 Å². The molecule has 1 fully saturated rings. The molecule has 3 N–H and O–H groups in total. The van der Waals surface area contributed by atoms with Gasteiger partial charge in [0.2, 0.25) is 0 Å². The van der Waals surface area contributed by atoms with E-state index in [9.17, 15) is 0 Å². The lowest BCUT2D eigenvalue weighted by Crippen LogP contribution is -2.22. The first-order valence-electron chi connectivity index (χ1n) is 8.52. The van der Waals surface area contributed by atoms with E-state index in [1.807, 2.05) is 30.5 Å². The van der Waals surface area contributed by atoms with Crippen LogP contribution in [0.1, 0.15) is 37.4 Å². The highest BCUT2D eigenvalue weighted by molar-refractivity contribution is 5.92. The maximum Gasteiger partial charge on any atom is 0.193 e. The number of hydrogen-bond donors (Lipinski definition) is 2. The van der Waals surface area contributed by atoms with E-state index in [-0.39, 0.29) is 0 Å². The van der Waals surface area contributed by atoms with E-state index in [2.05, 4.69) is 20.1 Å². The molecule has 2 aromatic rings. The summed E-state index contributed by atoms with van der Waals surface area (Å²) in [6.07, 6.45) is 7.06. The first-order valence-corrected chi connectivity index (χ1v) is 8.52. The Morgan fingerprint density at radius 1 is 1.24 bits per heavy atom. The van der Waals surface area contributed by atoms with Crippen LogP contribution in [0.5, 0.6) is 11.5 Å². The number of anilines is 1. The van der Waals surface area contributed by atoms with Crippen LogP contribution in [0.15, 0.2) is 35.5 Å². The van der Waals surface area contributed by atoms with Crippen LogP contribution in [0.25, 0.3) is 0 Å². The molecule has 0 spiro atoms. The quantitative estimate of drug-likeness (QED) is 0.622. The van der Waals surface area contributed by atoms with Crippen molar-refractivity contribution in [2.45, 2.75) is 38.3 Å². The number of nitrogens with zero attached hydrogens (tertiary/aromatic N) is 3. The van der Waals surface area contributed by atoms with Gasteiger partial charge in [-0.25, -0.2) is 4.99 Å². The Morgan fingerprint density at radius 3 is 2.72 bits per heavy atom. The Bertz CT molecular complexity index is 735. The second kappa shape index (κ2) is 7.92. The van der Waals surface area contributed by atoms with Gasteiger partial charge in [-0.2, -0.15) is 5.10 Å². The summed E-state index contributed by atoms with van der Waals surface area (Å²) in [5.74, 6) is 1.64. The van der Waals surface area contributed by atoms with Crippen LogP contribution in [-0.4, -0.2) is 30.0 Å². The van der Waals surface area contributed by atoms with E-state index >= 15 is 0 Å². The largest absolute Gasteiger partial charge is 0.493 e. The molecule has 1 aromatic carbocycles. The van der Waals surface area contributed by atoms with Gasteiger partial charge in [0.1, 0.15) is 0 Å². The van der Waals surface area contributed by atoms with E-state index in [1.165, 1.54) is 25.7 Å². The molecule has 25 heavy (non-hydrogen) atoms. The normalized spacial score (nSPS) is 15.4. The van der Waals surface area contributed by atoms with Crippen LogP contribution in [0, 0.1) is 0 Å². The number of ether oxygens (including phenoxy) is 2. The third-order valence-corrected chi connectivity index (χ3v) is 4.43. The molecule has 0 bridgehead atoms. The van der Waals surface area contributed by atoms with Crippen LogP contribution in [0.2, 0.25) is 0 Å². The van der Waals surface area contributed by atoms with Crippen molar-refractivity contribution in [1.29, 1.82) is 0 Å². The fourth-order valence-electron chi connectivity index (χ4n) is 3.10. The molecule has 3 rings (SSSR count). The van der Waals surface area contributed by atoms with Gasteiger partial charge in [0.25, 0.3) is 0 Å². The van der Waals surface area contributed by atoms with Gasteiger partial charge in [-0.3, -0.25) is 4.68 Å². The molecule has 7 nitrogen and oxygen atoms in total. The van der Waals surface area contributed by atoms with Crippen LogP contribution in [0.4, 0.5) is 5.69 Å². The second-order valence-electron chi connectivity index (χ2n) is 6.12. The number of rotatable bonds is 6. The molecule has 0 radical (unpaired) electrons. The molecule has 1 aliphatic carbocycles. The number of nitrogens with one attached hydrogen (secondary N) is 1. The Morgan fingerprint density at radius 2 is 2.00 bits per heavy atom. The predicted molar refractivity (Wildman–Crippen MR) is 98.2 cm³/mol. The number of aliphatic imine (C=N–C) groups is 1. The zero-order chi connectivity index (χ0) is 17.6. The Labute approximate surface area is 147 Å². The second-order valence-corrected chi connectivity index (χ2v) is 6.12. The molecule has 7 heteroatoms. The van der Waals surface area contributed by atoms with Gasteiger partial charge >= 0.3 is 0 Å². The highest BCUT2D eigenvalue weighted by Gasteiger charge is 2.17. The molecule has 0 unspecified atom stereocenters. The lowest BCUT2D eigenvalue weighted by molar-refractivity contribution is 0.355. The number of nitrogens with two attached hydrogens (primary N) is 1. The van der Waals surface area contributed by atoms with Crippen molar-refractivity contribution in [3.05, 3.63) is 36.2 Å². The molecule has 1 heterocycles. The first kappa shape index (κ1) is 17.1. The van der Waals surface area contributed by atoms with Crippen molar-refractivity contribution in [2.75, 3.05) is 19.5 Å². The maximum absolute atomic E-state index is 5.98. The Hall–Kier alpha value is -2.70. The molecule has 1 saturated carbocycles. The van der Waals surface area contributed by atoms with Gasteiger partial charge in [-0.1, -0.05) is 12.8 Å². The fraction of sp³-hybridized carbons (Fsp3) is 0.444. The minimum atomic E-state index is 0.336. The molecule has 1 aromatic heterocycles. The standard InChI is InChI=1S/C18H25N5O2/c1-24-16-8-7-13(11-17(16)25-2)21-18(19)20-12-14-9-10-23(22-14)15-5-3-4-6-15/h7-11,15H,3-6,12H2,1-2H3,(H3,19,20,21). The molecule has 1 aliphatic rings. The minimum Gasteiger partial charge on any atom is -0.493 e. The Balaban J connectivity index is 1.60. The molecule has 134 valence electrons. The van der Waals surface area contributed by atoms with Gasteiger partial charge in [-0.05, 0) is 31.0 Å².